The second-order valence-corrected chi connectivity index (χ2v) is 2.18. The molecule has 3 nitrogen and oxygen atoms in total. The molecule has 1 heterocycles. The minimum atomic E-state index is -2.40. The number of alkyl halides is 2. The van der Waals surface area contributed by atoms with Crippen molar-refractivity contribution in [1.82, 2.24) is 9.78 Å². The van der Waals surface area contributed by atoms with E-state index >= 15 is 0 Å². The third-order valence-corrected chi connectivity index (χ3v) is 1.28. The molecule has 0 saturated heterocycles. The highest BCUT2D eigenvalue weighted by Crippen LogP contribution is 2.11. The quantitative estimate of drug-likeness (QED) is 0.695. The van der Waals surface area contributed by atoms with Crippen molar-refractivity contribution < 1.29 is 13.5 Å². The van der Waals surface area contributed by atoms with Crippen LogP contribution in [0.2, 0.25) is 0 Å². The van der Waals surface area contributed by atoms with Gasteiger partial charge in [-0.25, -0.2) is 13.5 Å². The first-order chi connectivity index (χ1) is 5.74. The molecule has 0 saturated carbocycles. The summed E-state index contributed by atoms with van der Waals surface area (Å²) < 4.78 is 30.0. The van der Waals surface area contributed by atoms with Crippen LogP contribution in [0.4, 0.5) is 8.78 Å². The molecule has 0 aliphatic rings. The molecule has 12 heavy (non-hydrogen) atoms. The van der Waals surface area contributed by atoms with E-state index in [0.29, 0.717) is 12.5 Å². The molecule has 0 fully saturated rings. The fourth-order valence-corrected chi connectivity index (χ4v) is 0.859. The van der Waals surface area contributed by atoms with Gasteiger partial charge < -0.3 is 4.74 Å². The summed E-state index contributed by atoms with van der Waals surface area (Å²) in [5.41, 5.74) is 0. The molecule has 0 amide bonds. The van der Waals surface area contributed by atoms with Crippen LogP contribution < -0.4 is 4.74 Å². The fourth-order valence-electron chi connectivity index (χ4n) is 0.859. The molecule has 0 aliphatic heterocycles. The van der Waals surface area contributed by atoms with Gasteiger partial charge in [0.15, 0.2) is 0 Å². The van der Waals surface area contributed by atoms with E-state index < -0.39 is 13.0 Å². The molecule has 5 heteroatoms. The van der Waals surface area contributed by atoms with Crippen LogP contribution in [-0.2, 0) is 6.54 Å². The lowest BCUT2D eigenvalue weighted by Crippen LogP contribution is -2.10. The Morgan fingerprint density at radius 3 is 3.00 bits per heavy atom. The Labute approximate surface area is 68.9 Å². The number of halogens is 2. The zero-order valence-corrected chi connectivity index (χ0v) is 6.70. The third-order valence-electron chi connectivity index (χ3n) is 1.28. The number of hydrogen-bond acceptors (Lipinski definition) is 2. The van der Waals surface area contributed by atoms with Gasteiger partial charge in [0, 0.05) is 6.07 Å². The van der Waals surface area contributed by atoms with Crippen LogP contribution in [-0.4, -0.2) is 22.8 Å². The van der Waals surface area contributed by atoms with Gasteiger partial charge in [-0.3, -0.25) is 0 Å². The summed E-state index contributed by atoms with van der Waals surface area (Å²) >= 11 is 0. The lowest BCUT2D eigenvalue weighted by atomic mass is 10.6. The van der Waals surface area contributed by atoms with E-state index in [2.05, 4.69) is 5.10 Å². The van der Waals surface area contributed by atoms with Crippen molar-refractivity contribution in [3.05, 3.63) is 12.3 Å². The van der Waals surface area contributed by atoms with Crippen LogP contribution >= 0.6 is 0 Å². The minimum Gasteiger partial charge on any atom is -0.478 e. The molecule has 1 rings (SSSR count). The van der Waals surface area contributed by atoms with Crippen molar-refractivity contribution >= 4 is 0 Å². The van der Waals surface area contributed by atoms with Crippen LogP contribution in [0.25, 0.3) is 0 Å². The molecule has 0 bridgehead atoms. The standard InChI is InChI=1S/C7H10F2N2O/c1-2-12-7-3-4-10-11(7)5-6(8)9/h3-4,6H,2,5H2,1H3. The fraction of sp³-hybridized carbons (Fsp3) is 0.571. The molecule has 0 aliphatic carbocycles. The number of nitrogens with zero attached hydrogens (tertiary/aromatic N) is 2. The molecule has 0 unspecified atom stereocenters. The van der Waals surface area contributed by atoms with Crippen molar-refractivity contribution in [2.45, 2.75) is 19.9 Å². The van der Waals surface area contributed by atoms with Crippen LogP contribution in [0.3, 0.4) is 0 Å². The highest BCUT2D eigenvalue weighted by molar-refractivity contribution is 5.07. The smallest absolute Gasteiger partial charge is 0.258 e. The average molecular weight is 176 g/mol. The predicted octanol–water partition coefficient (Wildman–Crippen LogP) is 1.55. The largest absolute Gasteiger partial charge is 0.478 e. The normalized spacial score (nSPS) is 10.7. The van der Waals surface area contributed by atoms with Crippen LogP contribution in [0.5, 0.6) is 5.88 Å². The first-order valence-corrected chi connectivity index (χ1v) is 3.66. The molecule has 0 radical (unpaired) electrons. The maximum Gasteiger partial charge on any atom is 0.258 e. The second-order valence-electron chi connectivity index (χ2n) is 2.18. The molecular weight excluding hydrogens is 166 g/mol. The topological polar surface area (TPSA) is 27.1 Å². The van der Waals surface area contributed by atoms with Crippen molar-refractivity contribution in [2.24, 2.45) is 0 Å². The summed E-state index contributed by atoms with van der Waals surface area (Å²) in [5.74, 6) is 0.387. The molecule has 68 valence electrons. The van der Waals surface area contributed by atoms with E-state index in [9.17, 15) is 8.78 Å². The van der Waals surface area contributed by atoms with Crippen molar-refractivity contribution in [1.29, 1.82) is 0 Å². The summed E-state index contributed by atoms with van der Waals surface area (Å²) in [5, 5.41) is 3.69. The van der Waals surface area contributed by atoms with Crippen LogP contribution in [0.1, 0.15) is 6.92 Å². The Morgan fingerprint density at radius 1 is 1.67 bits per heavy atom. The number of hydrogen-bond donors (Lipinski definition) is 0. The lowest BCUT2D eigenvalue weighted by molar-refractivity contribution is 0.116. The third kappa shape index (κ3) is 2.18. The maximum absolute atomic E-state index is 11.9. The Hall–Kier alpha value is -1.13. The van der Waals surface area contributed by atoms with Gasteiger partial charge in [-0.1, -0.05) is 0 Å². The van der Waals surface area contributed by atoms with Gasteiger partial charge in [0.2, 0.25) is 5.88 Å². The SMILES string of the molecule is CCOc1ccnn1CC(F)F. The van der Waals surface area contributed by atoms with E-state index in [4.69, 9.17) is 4.74 Å². The van der Waals surface area contributed by atoms with Crippen LogP contribution in [0, 0.1) is 0 Å². The summed E-state index contributed by atoms with van der Waals surface area (Å²) in [6, 6.07) is 1.56. The Morgan fingerprint density at radius 2 is 2.42 bits per heavy atom. The Balaban J connectivity index is 2.63. The van der Waals surface area contributed by atoms with E-state index in [1.54, 1.807) is 13.0 Å². The van der Waals surface area contributed by atoms with Gasteiger partial charge in [0.1, 0.15) is 6.54 Å². The number of aromatic nitrogens is 2. The van der Waals surface area contributed by atoms with E-state index in [1.165, 1.54) is 6.20 Å². The molecule has 1 aromatic rings. The monoisotopic (exact) mass is 176 g/mol. The van der Waals surface area contributed by atoms with Crippen molar-refractivity contribution in [3.63, 3.8) is 0 Å². The van der Waals surface area contributed by atoms with Gasteiger partial charge in [-0.15, -0.1) is 0 Å². The van der Waals surface area contributed by atoms with Gasteiger partial charge in [-0.2, -0.15) is 5.10 Å². The molecule has 0 spiro atoms. The summed E-state index contributed by atoms with van der Waals surface area (Å²) in [6.07, 6.45) is -0.961. The highest BCUT2D eigenvalue weighted by atomic mass is 19.3. The molecule has 0 atom stereocenters. The van der Waals surface area contributed by atoms with Gasteiger partial charge >= 0.3 is 0 Å². The van der Waals surface area contributed by atoms with Gasteiger partial charge in [0.25, 0.3) is 6.43 Å². The minimum absolute atomic E-state index is 0.387. The summed E-state index contributed by atoms with van der Waals surface area (Å²) in [6.45, 7) is 1.83. The molecular formula is C7H10F2N2O. The van der Waals surface area contributed by atoms with Crippen molar-refractivity contribution in [2.75, 3.05) is 6.61 Å². The van der Waals surface area contributed by atoms with E-state index in [1.807, 2.05) is 0 Å². The van der Waals surface area contributed by atoms with E-state index in [-0.39, 0.29) is 0 Å². The maximum atomic E-state index is 11.9. The number of rotatable bonds is 4. The summed E-state index contributed by atoms with van der Waals surface area (Å²) in [7, 11) is 0. The zero-order chi connectivity index (χ0) is 8.97. The van der Waals surface area contributed by atoms with Crippen molar-refractivity contribution in [3.8, 4) is 5.88 Å². The lowest BCUT2D eigenvalue weighted by Gasteiger charge is -2.05. The molecule has 0 aromatic carbocycles. The predicted molar refractivity (Wildman–Crippen MR) is 39.4 cm³/mol. The first kappa shape index (κ1) is 8.96. The molecule has 0 N–H and O–H groups in total. The summed E-state index contributed by atoms with van der Waals surface area (Å²) in [4.78, 5) is 0. The zero-order valence-electron chi connectivity index (χ0n) is 6.70. The number of ether oxygens (including phenoxy) is 1. The van der Waals surface area contributed by atoms with Gasteiger partial charge in [-0.05, 0) is 6.92 Å². The van der Waals surface area contributed by atoms with E-state index in [0.717, 1.165) is 4.68 Å². The average Bonchev–Trinajstić information content (AvgIpc) is 2.37. The highest BCUT2D eigenvalue weighted by Gasteiger charge is 2.08. The van der Waals surface area contributed by atoms with Gasteiger partial charge in [0.05, 0.1) is 12.8 Å². The Kier molecular flexibility index (Phi) is 3.01. The Bertz CT molecular complexity index is 237. The molecule has 1 aromatic heterocycles. The first-order valence-electron chi connectivity index (χ1n) is 3.66. The van der Waals surface area contributed by atoms with Crippen LogP contribution in [0.15, 0.2) is 12.3 Å². The second kappa shape index (κ2) is 4.04.